The molecule has 8 heteroatoms. The molecule has 162 valence electrons. The molecule has 0 spiro atoms. The summed E-state index contributed by atoms with van der Waals surface area (Å²) in [5.74, 6) is 0.0549. The van der Waals surface area contributed by atoms with Crippen LogP contribution in [0.5, 0.6) is 5.75 Å². The second-order valence-corrected chi connectivity index (χ2v) is 8.60. The van der Waals surface area contributed by atoms with Crippen LogP contribution in [-0.2, 0) is 13.2 Å². The standard InChI is InChI=1S/C24H17Cl2FN2O2S/c25-18-7-6-17(21(26)11-18)13-31-20-3-1-2-16(10-20)24-29-22(14-32-24)23(30)28-12-15-4-8-19(27)9-5-15/h1-11,14H,12-13H2,(H,28,30). The number of aromatic nitrogens is 1. The number of carbonyl (C=O) groups excluding carboxylic acids is 1. The topological polar surface area (TPSA) is 51.2 Å². The Morgan fingerprint density at radius 1 is 1.06 bits per heavy atom. The fraction of sp³-hybridized carbons (Fsp3) is 0.0833. The zero-order valence-electron chi connectivity index (χ0n) is 16.6. The molecule has 1 heterocycles. The number of halogens is 3. The summed E-state index contributed by atoms with van der Waals surface area (Å²) in [6.07, 6.45) is 0. The van der Waals surface area contributed by atoms with Gasteiger partial charge < -0.3 is 10.1 Å². The number of hydrogen-bond donors (Lipinski definition) is 1. The second kappa shape index (κ2) is 10.1. The lowest BCUT2D eigenvalue weighted by molar-refractivity contribution is 0.0946. The third-order valence-corrected chi connectivity index (χ3v) is 6.07. The highest BCUT2D eigenvalue weighted by Crippen LogP contribution is 2.28. The molecule has 32 heavy (non-hydrogen) atoms. The average Bonchev–Trinajstić information content (AvgIpc) is 3.29. The summed E-state index contributed by atoms with van der Waals surface area (Å²) in [6, 6.07) is 18.7. The molecule has 0 radical (unpaired) electrons. The molecule has 1 N–H and O–H groups in total. The summed E-state index contributed by atoms with van der Waals surface area (Å²) in [5, 5.41) is 6.32. The number of nitrogens with zero attached hydrogens (tertiary/aromatic N) is 1. The van der Waals surface area contributed by atoms with Gasteiger partial charge in [-0.05, 0) is 42.0 Å². The molecule has 4 aromatic rings. The Hall–Kier alpha value is -2.93. The van der Waals surface area contributed by atoms with Gasteiger partial charge in [0.2, 0.25) is 0 Å². The van der Waals surface area contributed by atoms with Crippen LogP contribution in [0.3, 0.4) is 0 Å². The van der Waals surface area contributed by atoms with Gasteiger partial charge in [0.05, 0.1) is 0 Å². The molecule has 0 atom stereocenters. The van der Waals surface area contributed by atoms with Gasteiger partial charge in [-0.15, -0.1) is 11.3 Å². The van der Waals surface area contributed by atoms with Crippen molar-refractivity contribution in [3.05, 3.63) is 105 Å². The van der Waals surface area contributed by atoms with Gasteiger partial charge in [0.1, 0.15) is 28.9 Å². The molecule has 0 aliphatic heterocycles. The molecule has 0 bridgehead atoms. The van der Waals surface area contributed by atoms with Crippen molar-refractivity contribution in [1.29, 1.82) is 0 Å². The summed E-state index contributed by atoms with van der Waals surface area (Å²) in [4.78, 5) is 16.9. The lowest BCUT2D eigenvalue weighted by atomic mass is 10.2. The van der Waals surface area contributed by atoms with Crippen molar-refractivity contribution in [3.63, 3.8) is 0 Å². The average molecular weight is 487 g/mol. The second-order valence-electron chi connectivity index (χ2n) is 6.90. The van der Waals surface area contributed by atoms with E-state index in [1.165, 1.54) is 23.5 Å². The summed E-state index contributed by atoms with van der Waals surface area (Å²) >= 11 is 13.5. The molecule has 4 rings (SSSR count). The van der Waals surface area contributed by atoms with Gasteiger partial charge in [0, 0.05) is 33.1 Å². The molecule has 0 unspecified atom stereocenters. The largest absolute Gasteiger partial charge is 0.489 e. The first-order chi connectivity index (χ1) is 15.5. The van der Waals surface area contributed by atoms with E-state index in [1.54, 1.807) is 29.6 Å². The molecule has 0 fully saturated rings. The summed E-state index contributed by atoms with van der Waals surface area (Å²) in [6.45, 7) is 0.594. The van der Waals surface area contributed by atoms with Crippen molar-refractivity contribution in [1.82, 2.24) is 10.3 Å². The molecule has 0 saturated carbocycles. The fourth-order valence-electron chi connectivity index (χ4n) is 2.90. The molecule has 0 aliphatic carbocycles. The van der Waals surface area contributed by atoms with E-state index in [0.717, 1.165) is 16.7 Å². The number of benzene rings is 3. The van der Waals surface area contributed by atoms with Crippen LogP contribution < -0.4 is 10.1 Å². The highest BCUT2D eigenvalue weighted by atomic mass is 35.5. The van der Waals surface area contributed by atoms with E-state index in [4.69, 9.17) is 27.9 Å². The Labute approximate surface area is 198 Å². The van der Waals surface area contributed by atoms with Crippen LogP contribution in [-0.4, -0.2) is 10.9 Å². The van der Waals surface area contributed by atoms with Gasteiger partial charge in [-0.25, -0.2) is 9.37 Å². The summed E-state index contributed by atoms with van der Waals surface area (Å²) in [5.41, 5.74) is 2.80. The third kappa shape index (κ3) is 5.65. The Morgan fingerprint density at radius 2 is 1.88 bits per heavy atom. The molecule has 1 amide bonds. The van der Waals surface area contributed by atoms with Crippen LogP contribution in [0.15, 0.2) is 72.1 Å². The number of thiazole rings is 1. The molecular formula is C24H17Cl2FN2O2S. The van der Waals surface area contributed by atoms with Crippen LogP contribution in [0.4, 0.5) is 4.39 Å². The first-order valence-electron chi connectivity index (χ1n) is 9.63. The van der Waals surface area contributed by atoms with Gasteiger partial charge in [0.25, 0.3) is 5.91 Å². The minimum atomic E-state index is -0.313. The number of carbonyl (C=O) groups is 1. The Kier molecular flexibility index (Phi) is 7.05. The van der Waals surface area contributed by atoms with Gasteiger partial charge in [-0.1, -0.05) is 53.5 Å². The molecule has 3 aromatic carbocycles. The maximum atomic E-state index is 13.0. The first-order valence-corrected chi connectivity index (χ1v) is 11.3. The van der Waals surface area contributed by atoms with Gasteiger partial charge >= 0.3 is 0 Å². The molecular weight excluding hydrogens is 470 g/mol. The third-order valence-electron chi connectivity index (χ3n) is 4.59. The van der Waals surface area contributed by atoms with E-state index >= 15 is 0 Å². The SMILES string of the molecule is O=C(NCc1ccc(F)cc1)c1csc(-c2cccc(OCc3ccc(Cl)cc3Cl)c2)n1. The van der Waals surface area contributed by atoms with Gasteiger partial charge in [-0.3, -0.25) is 4.79 Å². The predicted molar refractivity (Wildman–Crippen MR) is 126 cm³/mol. The Morgan fingerprint density at radius 3 is 2.66 bits per heavy atom. The molecule has 4 nitrogen and oxygen atoms in total. The van der Waals surface area contributed by atoms with E-state index in [1.807, 2.05) is 30.3 Å². The quantitative estimate of drug-likeness (QED) is 0.313. The highest BCUT2D eigenvalue weighted by Gasteiger charge is 2.12. The van der Waals surface area contributed by atoms with Crippen LogP contribution in [0.25, 0.3) is 10.6 Å². The van der Waals surface area contributed by atoms with Gasteiger partial charge in [-0.2, -0.15) is 0 Å². The van der Waals surface area contributed by atoms with E-state index in [-0.39, 0.29) is 11.7 Å². The maximum Gasteiger partial charge on any atom is 0.271 e. The summed E-state index contributed by atoms with van der Waals surface area (Å²) in [7, 11) is 0. The van der Waals surface area contributed by atoms with Crippen LogP contribution >= 0.6 is 34.5 Å². The fourth-order valence-corrected chi connectivity index (χ4v) is 4.16. The Balaban J connectivity index is 1.40. The van der Waals surface area contributed by atoms with E-state index in [2.05, 4.69) is 10.3 Å². The van der Waals surface area contributed by atoms with Crippen molar-refractivity contribution >= 4 is 40.4 Å². The molecule has 0 saturated heterocycles. The van der Waals surface area contributed by atoms with Crippen molar-refractivity contribution in [2.75, 3.05) is 0 Å². The van der Waals surface area contributed by atoms with Gasteiger partial charge in [0.15, 0.2) is 0 Å². The van der Waals surface area contributed by atoms with E-state index < -0.39 is 0 Å². The van der Waals surface area contributed by atoms with E-state index in [0.29, 0.717) is 39.6 Å². The number of rotatable bonds is 7. The monoisotopic (exact) mass is 486 g/mol. The van der Waals surface area contributed by atoms with Crippen molar-refractivity contribution in [2.45, 2.75) is 13.2 Å². The highest BCUT2D eigenvalue weighted by molar-refractivity contribution is 7.13. The molecule has 1 aromatic heterocycles. The lowest BCUT2D eigenvalue weighted by Crippen LogP contribution is -2.23. The number of amides is 1. The first kappa shape index (κ1) is 22.3. The molecule has 0 aliphatic rings. The zero-order valence-corrected chi connectivity index (χ0v) is 19.0. The minimum absolute atomic E-state index is 0.290. The number of hydrogen-bond acceptors (Lipinski definition) is 4. The Bertz CT molecular complexity index is 1240. The smallest absolute Gasteiger partial charge is 0.271 e. The normalized spacial score (nSPS) is 10.7. The number of nitrogens with one attached hydrogen (secondary N) is 1. The van der Waals surface area contributed by atoms with Crippen molar-refractivity contribution in [3.8, 4) is 16.3 Å². The lowest BCUT2D eigenvalue weighted by Gasteiger charge is -2.09. The van der Waals surface area contributed by atoms with Crippen LogP contribution in [0.2, 0.25) is 10.0 Å². The summed E-state index contributed by atoms with van der Waals surface area (Å²) < 4.78 is 18.9. The van der Waals surface area contributed by atoms with E-state index in [9.17, 15) is 9.18 Å². The zero-order chi connectivity index (χ0) is 22.5. The van der Waals surface area contributed by atoms with Crippen LogP contribution in [0.1, 0.15) is 21.6 Å². The number of ether oxygens (including phenoxy) is 1. The predicted octanol–water partition coefficient (Wildman–Crippen LogP) is 6.77. The maximum absolute atomic E-state index is 13.0. The van der Waals surface area contributed by atoms with Crippen LogP contribution in [0, 0.1) is 5.82 Å². The van der Waals surface area contributed by atoms with Crippen molar-refractivity contribution in [2.24, 2.45) is 0 Å². The van der Waals surface area contributed by atoms with Crippen molar-refractivity contribution < 1.29 is 13.9 Å². The minimum Gasteiger partial charge on any atom is -0.489 e.